The van der Waals surface area contributed by atoms with E-state index in [2.05, 4.69) is 0 Å². The van der Waals surface area contributed by atoms with Gasteiger partial charge in [-0.1, -0.05) is 12.1 Å². The van der Waals surface area contributed by atoms with Crippen LogP contribution in [0.4, 0.5) is 5.69 Å². The van der Waals surface area contributed by atoms with Gasteiger partial charge in [0.25, 0.3) is 0 Å². The second-order valence-corrected chi connectivity index (χ2v) is 4.78. The Hall–Kier alpha value is -2.11. The Labute approximate surface area is 111 Å². The molecule has 0 aromatic heterocycles. The van der Waals surface area contributed by atoms with Gasteiger partial charge in [0.1, 0.15) is 0 Å². The molecule has 0 bridgehead atoms. The second kappa shape index (κ2) is 5.26. The van der Waals surface area contributed by atoms with E-state index >= 15 is 0 Å². The molecular formula is C13H16N2O4. The summed E-state index contributed by atoms with van der Waals surface area (Å²) < 4.78 is 5.42. The number of para-hydroxylation sites is 1. The summed E-state index contributed by atoms with van der Waals surface area (Å²) in [4.78, 5) is 23.8. The van der Waals surface area contributed by atoms with Crippen LogP contribution in [0.3, 0.4) is 0 Å². The third-order valence-electron chi connectivity index (χ3n) is 3.29. The number of amides is 1. The number of carbonyl (C=O) groups is 1. The topological polar surface area (TPSA) is 72.7 Å². The van der Waals surface area contributed by atoms with Crippen LogP contribution in [0.2, 0.25) is 0 Å². The molecule has 1 aromatic carbocycles. The maximum absolute atomic E-state index is 11.8. The Kier molecular flexibility index (Phi) is 3.69. The molecule has 0 N–H and O–H groups in total. The van der Waals surface area contributed by atoms with Crippen molar-refractivity contribution in [2.75, 3.05) is 20.7 Å². The van der Waals surface area contributed by atoms with Crippen LogP contribution in [0.15, 0.2) is 18.2 Å². The molecule has 1 aromatic rings. The Morgan fingerprint density at radius 2 is 2.26 bits per heavy atom. The predicted octanol–water partition coefficient (Wildman–Crippen LogP) is 1.94. The van der Waals surface area contributed by atoms with E-state index in [1.165, 1.54) is 11.0 Å². The minimum atomic E-state index is -0.449. The Bertz CT molecular complexity index is 513. The first kappa shape index (κ1) is 13.3. The molecule has 0 spiro atoms. The van der Waals surface area contributed by atoms with Crippen molar-refractivity contribution in [3.05, 3.63) is 33.9 Å². The van der Waals surface area contributed by atoms with E-state index in [0.29, 0.717) is 25.2 Å². The molecular weight excluding hydrogens is 248 g/mol. The van der Waals surface area contributed by atoms with Gasteiger partial charge in [-0.2, -0.15) is 0 Å². The summed E-state index contributed by atoms with van der Waals surface area (Å²) in [5.41, 5.74) is 0.732. The van der Waals surface area contributed by atoms with Gasteiger partial charge in [0, 0.05) is 32.1 Å². The normalized spacial score (nSPS) is 17.3. The zero-order chi connectivity index (χ0) is 14.0. The molecule has 0 saturated heterocycles. The van der Waals surface area contributed by atoms with Crippen LogP contribution in [0.5, 0.6) is 5.75 Å². The van der Waals surface area contributed by atoms with Crippen molar-refractivity contribution >= 4 is 11.6 Å². The summed E-state index contributed by atoms with van der Waals surface area (Å²) in [6, 6.07) is 4.86. The number of fused-ring (bicyclic) bond motifs is 1. The van der Waals surface area contributed by atoms with Crippen LogP contribution in [0, 0.1) is 10.1 Å². The fourth-order valence-electron chi connectivity index (χ4n) is 2.23. The average Bonchev–Trinajstić information content (AvgIpc) is 2.38. The van der Waals surface area contributed by atoms with Crippen molar-refractivity contribution in [1.29, 1.82) is 0 Å². The van der Waals surface area contributed by atoms with Gasteiger partial charge in [0.2, 0.25) is 11.7 Å². The van der Waals surface area contributed by atoms with Crippen LogP contribution in [-0.2, 0) is 4.79 Å². The average molecular weight is 264 g/mol. The summed E-state index contributed by atoms with van der Waals surface area (Å²) in [6.45, 7) is 0.406. The van der Waals surface area contributed by atoms with Gasteiger partial charge in [0.15, 0.2) is 0 Å². The molecule has 19 heavy (non-hydrogen) atoms. The lowest BCUT2D eigenvalue weighted by molar-refractivity contribution is -0.386. The number of hydrogen-bond acceptors (Lipinski definition) is 4. The zero-order valence-corrected chi connectivity index (χ0v) is 11.0. The molecule has 0 aliphatic carbocycles. The number of nitrogens with zero attached hydrogens (tertiary/aromatic N) is 2. The first-order valence-electron chi connectivity index (χ1n) is 6.11. The summed E-state index contributed by atoms with van der Waals surface area (Å²) >= 11 is 0. The van der Waals surface area contributed by atoms with E-state index in [0.717, 1.165) is 5.56 Å². The Morgan fingerprint density at radius 1 is 1.53 bits per heavy atom. The first-order valence-corrected chi connectivity index (χ1v) is 6.11. The second-order valence-electron chi connectivity index (χ2n) is 4.78. The van der Waals surface area contributed by atoms with E-state index in [-0.39, 0.29) is 17.5 Å². The van der Waals surface area contributed by atoms with Gasteiger partial charge in [-0.15, -0.1) is 0 Å². The quantitative estimate of drug-likeness (QED) is 0.617. The highest BCUT2D eigenvalue weighted by atomic mass is 16.6. The monoisotopic (exact) mass is 264 g/mol. The van der Waals surface area contributed by atoms with Crippen molar-refractivity contribution in [3.8, 4) is 5.75 Å². The number of nitro benzene ring substituents is 1. The number of hydrogen-bond donors (Lipinski definition) is 0. The smallest absolute Gasteiger partial charge is 0.311 e. The fourth-order valence-corrected chi connectivity index (χ4v) is 2.23. The Balaban J connectivity index is 2.32. The number of nitro groups is 1. The third-order valence-corrected chi connectivity index (χ3v) is 3.29. The molecule has 0 fully saturated rings. The summed E-state index contributed by atoms with van der Waals surface area (Å²) in [6.07, 6.45) is 1.05. The summed E-state index contributed by atoms with van der Waals surface area (Å²) in [5.74, 6) is 0.318. The van der Waals surface area contributed by atoms with Crippen LogP contribution < -0.4 is 4.74 Å². The molecule has 1 heterocycles. The molecule has 0 radical (unpaired) electrons. The molecule has 1 atom stereocenters. The van der Waals surface area contributed by atoms with E-state index < -0.39 is 4.92 Å². The molecule has 1 unspecified atom stereocenters. The van der Waals surface area contributed by atoms with Crippen molar-refractivity contribution in [1.82, 2.24) is 4.90 Å². The first-order chi connectivity index (χ1) is 9.00. The van der Waals surface area contributed by atoms with E-state index in [4.69, 9.17) is 4.74 Å². The molecule has 1 amide bonds. The molecule has 102 valence electrons. The molecule has 1 aliphatic heterocycles. The van der Waals surface area contributed by atoms with Gasteiger partial charge in [0.05, 0.1) is 11.5 Å². The zero-order valence-electron chi connectivity index (χ0n) is 11.0. The van der Waals surface area contributed by atoms with Gasteiger partial charge in [-0.25, -0.2) is 0 Å². The van der Waals surface area contributed by atoms with Crippen LogP contribution in [0.25, 0.3) is 0 Å². The fraction of sp³-hybridized carbons (Fsp3) is 0.462. The summed E-state index contributed by atoms with van der Waals surface area (Å²) in [7, 11) is 3.41. The number of benzene rings is 1. The highest BCUT2D eigenvalue weighted by Crippen LogP contribution is 2.41. The highest BCUT2D eigenvalue weighted by Gasteiger charge is 2.29. The van der Waals surface area contributed by atoms with Gasteiger partial charge < -0.3 is 9.64 Å². The van der Waals surface area contributed by atoms with Crippen molar-refractivity contribution in [2.24, 2.45) is 0 Å². The lowest BCUT2D eigenvalue weighted by Crippen LogP contribution is -2.26. The number of carbonyl (C=O) groups excluding carboxylic acids is 1. The van der Waals surface area contributed by atoms with Crippen LogP contribution in [0.1, 0.15) is 24.3 Å². The van der Waals surface area contributed by atoms with Crippen LogP contribution >= 0.6 is 0 Å². The lowest BCUT2D eigenvalue weighted by Gasteiger charge is -2.26. The number of ether oxygens (including phenoxy) is 1. The predicted molar refractivity (Wildman–Crippen MR) is 69.3 cm³/mol. The van der Waals surface area contributed by atoms with E-state index in [9.17, 15) is 14.9 Å². The van der Waals surface area contributed by atoms with E-state index in [1.54, 1.807) is 26.2 Å². The number of rotatable bonds is 3. The van der Waals surface area contributed by atoms with Crippen molar-refractivity contribution in [3.63, 3.8) is 0 Å². The molecule has 2 rings (SSSR count). The maximum atomic E-state index is 11.8. The van der Waals surface area contributed by atoms with Crippen LogP contribution in [-0.4, -0.2) is 36.4 Å². The minimum absolute atomic E-state index is 0.0152. The lowest BCUT2D eigenvalue weighted by atomic mass is 9.89. The minimum Gasteiger partial charge on any atom is -0.487 e. The van der Waals surface area contributed by atoms with Crippen molar-refractivity contribution < 1.29 is 14.5 Å². The summed E-state index contributed by atoms with van der Waals surface area (Å²) in [5, 5.41) is 11.0. The van der Waals surface area contributed by atoms with Gasteiger partial charge in [-0.3, -0.25) is 14.9 Å². The van der Waals surface area contributed by atoms with E-state index in [1.807, 2.05) is 0 Å². The molecule has 1 aliphatic rings. The largest absolute Gasteiger partial charge is 0.487 e. The third kappa shape index (κ3) is 2.67. The Morgan fingerprint density at radius 3 is 2.89 bits per heavy atom. The standard InChI is InChI=1S/C13H16N2O4/c1-14(2)12(16)8-9-6-7-19-13-10(9)4-3-5-11(13)15(17)18/h3-5,9H,6-8H2,1-2H3. The van der Waals surface area contributed by atoms with Gasteiger partial charge in [-0.05, 0) is 12.3 Å². The molecule has 6 nitrogen and oxygen atoms in total. The van der Waals surface area contributed by atoms with Crippen molar-refractivity contribution in [2.45, 2.75) is 18.8 Å². The molecule has 0 saturated carbocycles. The highest BCUT2D eigenvalue weighted by molar-refractivity contribution is 5.77. The SMILES string of the molecule is CN(C)C(=O)CC1CCOc2c1cccc2[N+](=O)[O-]. The molecule has 6 heteroatoms. The van der Waals surface area contributed by atoms with Gasteiger partial charge >= 0.3 is 5.69 Å². The maximum Gasteiger partial charge on any atom is 0.311 e.